The standard InChI is InChI=1S/C15H25N3O2S/c1-5-10(3)17-14(19)11(4)18-15(20)16-9-13-8-7-12(6-2)21-13/h7-8,10-11H,5-6,9H2,1-4H3,(H,17,19)(H2,16,18,20)/t10-,11-/m1/s1. The highest BCUT2D eigenvalue weighted by Crippen LogP contribution is 2.16. The molecule has 1 rings (SSSR count). The molecule has 0 radical (unpaired) electrons. The summed E-state index contributed by atoms with van der Waals surface area (Å²) in [5.41, 5.74) is 0. The first-order chi connectivity index (χ1) is 9.96. The van der Waals surface area contributed by atoms with Gasteiger partial charge in [-0.2, -0.15) is 0 Å². The van der Waals surface area contributed by atoms with Gasteiger partial charge in [0.2, 0.25) is 5.91 Å². The quantitative estimate of drug-likeness (QED) is 0.724. The third-order valence-corrected chi connectivity index (χ3v) is 4.46. The Bertz CT molecular complexity index is 473. The zero-order chi connectivity index (χ0) is 15.8. The molecule has 0 aliphatic heterocycles. The largest absolute Gasteiger partial charge is 0.352 e. The van der Waals surface area contributed by atoms with Gasteiger partial charge in [-0.15, -0.1) is 11.3 Å². The molecule has 0 saturated heterocycles. The van der Waals surface area contributed by atoms with Crippen LogP contribution >= 0.6 is 11.3 Å². The Morgan fingerprint density at radius 1 is 1.14 bits per heavy atom. The van der Waals surface area contributed by atoms with Crippen LogP contribution in [0.25, 0.3) is 0 Å². The Balaban J connectivity index is 2.33. The lowest BCUT2D eigenvalue weighted by Crippen LogP contribution is -2.49. The van der Waals surface area contributed by atoms with E-state index in [4.69, 9.17) is 0 Å². The second-order valence-electron chi connectivity index (χ2n) is 5.09. The Hall–Kier alpha value is -1.56. The lowest BCUT2D eigenvalue weighted by Gasteiger charge is -2.17. The van der Waals surface area contributed by atoms with Crippen molar-refractivity contribution < 1.29 is 9.59 Å². The van der Waals surface area contributed by atoms with Crippen LogP contribution in [0.3, 0.4) is 0 Å². The summed E-state index contributed by atoms with van der Waals surface area (Å²) >= 11 is 1.69. The minimum Gasteiger partial charge on any atom is -0.352 e. The van der Waals surface area contributed by atoms with Crippen molar-refractivity contribution in [3.63, 3.8) is 0 Å². The van der Waals surface area contributed by atoms with E-state index >= 15 is 0 Å². The molecule has 1 aromatic rings. The number of amides is 3. The van der Waals surface area contributed by atoms with Crippen LogP contribution in [0.15, 0.2) is 12.1 Å². The number of aryl methyl sites for hydroxylation is 1. The predicted octanol–water partition coefficient (Wildman–Crippen LogP) is 2.41. The van der Waals surface area contributed by atoms with Crippen molar-refractivity contribution in [2.24, 2.45) is 0 Å². The fraction of sp³-hybridized carbons (Fsp3) is 0.600. The van der Waals surface area contributed by atoms with E-state index in [1.165, 1.54) is 4.88 Å². The molecule has 0 aromatic carbocycles. The smallest absolute Gasteiger partial charge is 0.315 e. The van der Waals surface area contributed by atoms with Crippen LogP contribution in [0.5, 0.6) is 0 Å². The minimum atomic E-state index is -0.548. The summed E-state index contributed by atoms with van der Waals surface area (Å²) in [6, 6.07) is 3.33. The predicted molar refractivity (Wildman–Crippen MR) is 86.4 cm³/mol. The lowest BCUT2D eigenvalue weighted by atomic mass is 10.2. The third-order valence-electron chi connectivity index (χ3n) is 3.23. The number of nitrogens with one attached hydrogen (secondary N) is 3. The number of hydrogen-bond donors (Lipinski definition) is 3. The molecule has 118 valence electrons. The maximum Gasteiger partial charge on any atom is 0.315 e. The van der Waals surface area contributed by atoms with E-state index < -0.39 is 6.04 Å². The first-order valence-electron chi connectivity index (χ1n) is 7.38. The number of rotatable bonds is 7. The second kappa shape index (κ2) is 8.67. The Morgan fingerprint density at radius 2 is 1.81 bits per heavy atom. The Morgan fingerprint density at radius 3 is 2.38 bits per heavy atom. The third kappa shape index (κ3) is 6.16. The van der Waals surface area contributed by atoms with Crippen LogP contribution < -0.4 is 16.0 Å². The van der Waals surface area contributed by atoms with Gasteiger partial charge in [-0.1, -0.05) is 13.8 Å². The van der Waals surface area contributed by atoms with Crippen LogP contribution in [0.4, 0.5) is 4.79 Å². The number of carbonyl (C=O) groups is 2. The number of hydrogen-bond acceptors (Lipinski definition) is 3. The normalized spacial score (nSPS) is 13.3. The van der Waals surface area contributed by atoms with Crippen molar-refractivity contribution in [3.05, 3.63) is 21.9 Å². The van der Waals surface area contributed by atoms with E-state index in [2.05, 4.69) is 28.9 Å². The van der Waals surface area contributed by atoms with Gasteiger partial charge in [0, 0.05) is 15.8 Å². The fourth-order valence-corrected chi connectivity index (χ4v) is 2.56. The molecule has 0 saturated carbocycles. The van der Waals surface area contributed by atoms with Gasteiger partial charge in [0.1, 0.15) is 6.04 Å². The molecule has 5 nitrogen and oxygen atoms in total. The van der Waals surface area contributed by atoms with Gasteiger partial charge in [0.25, 0.3) is 0 Å². The van der Waals surface area contributed by atoms with Crippen LogP contribution in [-0.4, -0.2) is 24.0 Å². The first-order valence-corrected chi connectivity index (χ1v) is 8.20. The van der Waals surface area contributed by atoms with Crippen LogP contribution in [0.2, 0.25) is 0 Å². The summed E-state index contributed by atoms with van der Waals surface area (Å²) in [4.78, 5) is 26.0. The monoisotopic (exact) mass is 311 g/mol. The number of carbonyl (C=O) groups excluding carboxylic acids is 2. The second-order valence-corrected chi connectivity index (χ2v) is 6.34. The summed E-state index contributed by atoms with van der Waals surface area (Å²) in [7, 11) is 0. The summed E-state index contributed by atoms with van der Waals surface area (Å²) in [5.74, 6) is -0.163. The molecule has 2 atom stereocenters. The molecule has 21 heavy (non-hydrogen) atoms. The summed E-state index contributed by atoms with van der Waals surface area (Å²) < 4.78 is 0. The van der Waals surface area contributed by atoms with Gasteiger partial charge in [-0.05, 0) is 38.8 Å². The summed E-state index contributed by atoms with van der Waals surface area (Å²) in [5, 5.41) is 8.25. The molecule has 1 heterocycles. The molecule has 3 N–H and O–H groups in total. The van der Waals surface area contributed by atoms with Crippen molar-refractivity contribution in [2.75, 3.05) is 0 Å². The van der Waals surface area contributed by atoms with Crippen molar-refractivity contribution >= 4 is 23.3 Å². The van der Waals surface area contributed by atoms with Crippen molar-refractivity contribution in [1.29, 1.82) is 0 Å². The van der Waals surface area contributed by atoms with E-state index in [0.717, 1.165) is 17.7 Å². The van der Waals surface area contributed by atoms with E-state index in [0.29, 0.717) is 6.54 Å². The van der Waals surface area contributed by atoms with Crippen LogP contribution in [0, 0.1) is 0 Å². The van der Waals surface area contributed by atoms with E-state index in [1.54, 1.807) is 18.3 Å². The zero-order valence-electron chi connectivity index (χ0n) is 13.2. The molecule has 0 unspecified atom stereocenters. The molecule has 1 aromatic heterocycles. The number of thiophene rings is 1. The van der Waals surface area contributed by atoms with Crippen molar-refractivity contribution in [2.45, 2.75) is 59.2 Å². The number of urea groups is 1. The van der Waals surface area contributed by atoms with Gasteiger partial charge in [-0.3, -0.25) is 4.79 Å². The minimum absolute atomic E-state index is 0.114. The SMILES string of the molecule is CCc1ccc(CNC(=O)N[C@H](C)C(=O)N[C@H](C)CC)s1. The fourth-order valence-electron chi connectivity index (χ4n) is 1.66. The molecule has 3 amide bonds. The van der Waals surface area contributed by atoms with Crippen LogP contribution in [0.1, 0.15) is 43.9 Å². The Labute approximate surface area is 130 Å². The molecular weight excluding hydrogens is 286 g/mol. The highest BCUT2D eigenvalue weighted by atomic mass is 32.1. The molecule has 0 aliphatic carbocycles. The van der Waals surface area contributed by atoms with Gasteiger partial charge < -0.3 is 16.0 Å². The van der Waals surface area contributed by atoms with Gasteiger partial charge in [0.15, 0.2) is 0 Å². The molecule has 0 spiro atoms. The summed E-state index contributed by atoms with van der Waals surface area (Å²) in [6.07, 6.45) is 1.87. The van der Waals surface area contributed by atoms with E-state index in [-0.39, 0.29) is 18.0 Å². The van der Waals surface area contributed by atoms with Gasteiger partial charge in [0.05, 0.1) is 6.54 Å². The van der Waals surface area contributed by atoms with Crippen LogP contribution in [-0.2, 0) is 17.8 Å². The average Bonchev–Trinajstić information content (AvgIpc) is 2.92. The average molecular weight is 311 g/mol. The summed E-state index contributed by atoms with van der Waals surface area (Å²) in [6.45, 7) is 8.20. The lowest BCUT2D eigenvalue weighted by molar-refractivity contribution is -0.123. The highest BCUT2D eigenvalue weighted by Gasteiger charge is 2.16. The van der Waals surface area contributed by atoms with Crippen molar-refractivity contribution in [1.82, 2.24) is 16.0 Å². The van der Waals surface area contributed by atoms with E-state index in [1.807, 2.05) is 19.9 Å². The van der Waals surface area contributed by atoms with Gasteiger partial charge >= 0.3 is 6.03 Å². The van der Waals surface area contributed by atoms with Gasteiger partial charge in [-0.25, -0.2) is 4.79 Å². The maximum atomic E-state index is 11.8. The Kier molecular flexibility index (Phi) is 7.22. The molecule has 0 bridgehead atoms. The molecule has 0 fully saturated rings. The van der Waals surface area contributed by atoms with E-state index in [9.17, 15) is 9.59 Å². The molecular formula is C15H25N3O2S. The maximum absolute atomic E-state index is 11.8. The van der Waals surface area contributed by atoms with Crippen molar-refractivity contribution in [3.8, 4) is 0 Å². The highest BCUT2D eigenvalue weighted by molar-refractivity contribution is 7.11. The first kappa shape index (κ1) is 17.5. The molecule has 0 aliphatic rings. The topological polar surface area (TPSA) is 70.2 Å². The molecule has 6 heteroatoms. The zero-order valence-corrected chi connectivity index (χ0v) is 14.0.